The van der Waals surface area contributed by atoms with Gasteiger partial charge in [-0.05, 0) is 12.1 Å². The predicted octanol–water partition coefficient (Wildman–Crippen LogP) is 2.42. The molecule has 1 aromatic rings. The minimum atomic E-state index is -2.65. The molecule has 0 saturated carbocycles. The molecule has 1 unspecified atom stereocenters. The topological polar surface area (TPSA) is 72.8 Å². The van der Waals surface area contributed by atoms with E-state index in [0.29, 0.717) is 5.75 Å². The molecule has 1 atom stereocenters. The SMILES string of the molecule is O=C(O)O[P+](=O)Oc1ccccc1. The lowest BCUT2D eigenvalue weighted by molar-refractivity contribution is 0.143. The molecule has 0 aliphatic rings. The number of carboxylic acid groups (broad SMARTS) is 1. The van der Waals surface area contributed by atoms with Crippen LogP contribution in [-0.4, -0.2) is 11.3 Å². The third kappa shape index (κ3) is 3.53. The third-order valence-corrected chi connectivity index (χ3v) is 1.74. The molecule has 13 heavy (non-hydrogen) atoms. The first-order valence-corrected chi connectivity index (χ1v) is 4.39. The van der Waals surface area contributed by atoms with Crippen molar-refractivity contribution in [2.24, 2.45) is 0 Å². The molecule has 0 heterocycles. The van der Waals surface area contributed by atoms with Crippen LogP contribution in [0.5, 0.6) is 5.75 Å². The van der Waals surface area contributed by atoms with Crippen molar-refractivity contribution in [3.05, 3.63) is 30.3 Å². The lowest BCUT2D eigenvalue weighted by Gasteiger charge is -1.88. The van der Waals surface area contributed by atoms with E-state index in [-0.39, 0.29) is 0 Å². The quantitative estimate of drug-likeness (QED) is 0.760. The molecule has 5 nitrogen and oxygen atoms in total. The summed E-state index contributed by atoms with van der Waals surface area (Å²) in [5, 5.41) is 8.08. The van der Waals surface area contributed by atoms with Crippen LogP contribution >= 0.6 is 8.25 Å². The van der Waals surface area contributed by atoms with Gasteiger partial charge in [-0.3, -0.25) is 0 Å². The fourth-order valence-corrected chi connectivity index (χ4v) is 1.11. The van der Waals surface area contributed by atoms with E-state index >= 15 is 0 Å². The zero-order valence-electron chi connectivity index (χ0n) is 6.41. The summed E-state index contributed by atoms with van der Waals surface area (Å²) in [7, 11) is -2.65. The first kappa shape index (κ1) is 9.48. The van der Waals surface area contributed by atoms with Crippen LogP contribution in [0.2, 0.25) is 0 Å². The molecular formula is C7H6O5P+. The number of hydrogen-bond acceptors (Lipinski definition) is 4. The number of rotatable bonds is 3. The predicted molar refractivity (Wildman–Crippen MR) is 43.8 cm³/mol. The second-order valence-corrected chi connectivity index (χ2v) is 2.80. The van der Waals surface area contributed by atoms with Crippen LogP contribution in [0.25, 0.3) is 0 Å². The maximum Gasteiger partial charge on any atom is 0.812 e. The molecule has 0 amide bonds. The maximum absolute atomic E-state index is 10.7. The number of carbonyl (C=O) groups is 1. The fourth-order valence-electron chi connectivity index (χ4n) is 0.650. The molecule has 68 valence electrons. The van der Waals surface area contributed by atoms with E-state index in [0.717, 1.165) is 0 Å². The van der Waals surface area contributed by atoms with Gasteiger partial charge >= 0.3 is 14.4 Å². The molecule has 0 fully saturated rings. The Labute approximate surface area is 74.9 Å². The Morgan fingerprint density at radius 2 is 1.92 bits per heavy atom. The van der Waals surface area contributed by atoms with Crippen molar-refractivity contribution in [3.63, 3.8) is 0 Å². The first-order valence-electron chi connectivity index (χ1n) is 3.29. The fraction of sp³-hybridized carbons (Fsp3) is 0. The van der Waals surface area contributed by atoms with Gasteiger partial charge in [-0.1, -0.05) is 18.2 Å². The lowest BCUT2D eigenvalue weighted by Crippen LogP contribution is -1.94. The van der Waals surface area contributed by atoms with Gasteiger partial charge in [0, 0.05) is 4.57 Å². The Morgan fingerprint density at radius 3 is 2.46 bits per heavy atom. The van der Waals surface area contributed by atoms with Crippen molar-refractivity contribution in [1.29, 1.82) is 0 Å². The summed E-state index contributed by atoms with van der Waals surface area (Å²) in [6.07, 6.45) is -1.63. The van der Waals surface area contributed by atoms with E-state index < -0.39 is 14.4 Å². The molecule has 1 rings (SSSR count). The Bertz CT molecular complexity index is 310. The Morgan fingerprint density at radius 1 is 1.31 bits per heavy atom. The highest BCUT2D eigenvalue weighted by Crippen LogP contribution is 2.27. The summed E-state index contributed by atoms with van der Waals surface area (Å²) in [6, 6.07) is 8.16. The van der Waals surface area contributed by atoms with Gasteiger partial charge in [-0.15, -0.1) is 4.52 Å². The zero-order chi connectivity index (χ0) is 9.68. The summed E-state index contributed by atoms with van der Waals surface area (Å²) in [5.41, 5.74) is 0. The van der Waals surface area contributed by atoms with Gasteiger partial charge < -0.3 is 5.11 Å². The van der Waals surface area contributed by atoms with Gasteiger partial charge in [0.1, 0.15) is 0 Å². The van der Waals surface area contributed by atoms with Crippen LogP contribution in [0.3, 0.4) is 0 Å². The van der Waals surface area contributed by atoms with Crippen LogP contribution in [0.1, 0.15) is 0 Å². The van der Waals surface area contributed by atoms with E-state index in [2.05, 4.69) is 9.05 Å². The van der Waals surface area contributed by atoms with Gasteiger partial charge in [-0.2, -0.15) is 4.79 Å². The van der Waals surface area contributed by atoms with E-state index in [1.807, 2.05) is 0 Å². The second kappa shape index (κ2) is 4.42. The number of hydrogen-bond donors (Lipinski definition) is 1. The molecule has 1 aromatic carbocycles. The van der Waals surface area contributed by atoms with Crippen molar-refractivity contribution in [1.82, 2.24) is 0 Å². The molecule has 0 radical (unpaired) electrons. The van der Waals surface area contributed by atoms with E-state index in [1.165, 1.54) is 0 Å². The van der Waals surface area contributed by atoms with Crippen LogP contribution in [0.4, 0.5) is 4.79 Å². The number of benzene rings is 1. The van der Waals surface area contributed by atoms with Crippen LogP contribution in [-0.2, 0) is 9.09 Å². The monoisotopic (exact) mass is 201 g/mol. The van der Waals surface area contributed by atoms with Gasteiger partial charge in [0.25, 0.3) is 0 Å². The molecule has 0 saturated heterocycles. The highest BCUT2D eigenvalue weighted by Gasteiger charge is 2.27. The maximum atomic E-state index is 10.7. The summed E-state index contributed by atoms with van der Waals surface area (Å²) >= 11 is 0. The number of para-hydroxylation sites is 1. The van der Waals surface area contributed by atoms with Gasteiger partial charge in [0.05, 0.1) is 0 Å². The highest BCUT2D eigenvalue weighted by molar-refractivity contribution is 7.34. The van der Waals surface area contributed by atoms with Gasteiger partial charge in [0.2, 0.25) is 0 Å². The summed E-state index contributed by atoms with van der Waals surface area (Å²) < 4.78 is 19.2. The average molecular weight is 201 g/mol. The first-order chi connectivity index (χ1) is 6.18. The minimum absolute atomic E-state index is 0.296. The summed E-state index contributed by atoms with van der Waals surface area (Å²) in [6.45, 7) is 0. The normalized spacial score (nSPS) is 10.3. The molecular weight excluding hydrogens is 195 g/mol. The molecule has 6 heteroatoms. The highest BCUT2D eigenvalue weighted by atomic mass is 31.1. The van der Waals surface area contributed by atoms with E-state index in [1.54, 1.807) is 30.3 Å². The molecule has 0 aromatic heterocycles. The van der Waals surface area contributed by atoms with Crippen molar-refractivity contribution < 1.29 is 23.5 Å². The third-order valence-electron chi connectivity index (χ3n) is 1.08. The van der Waals surface area contributed by atoms with E-state index in [4.69, 9.17) is 5.11 Å². The summed E-state index contributed by atoms with van der Waals surface area (Å²) in [4.78, 5) is 9.91. The Kier molecular flexibility index (Phi) is 3.23. The molecule has 0 bridgehead atoms. The van der Waals surface area contributed by atoms with Crippen molar-refractivity contribution in [3.8, 4) is 5.75 Å². The van der Waals surface area contributed by atoms with Crippen molar-refractivity contribution in [2.45, 2.75) is 0 Å². The second-order valence-electron chi connectivity index (χ2n) is 1.99. The van der Waals surface area contributed by atoms with Crippen molar-refractivity contribution in [2.75, 3.05) is 0 Å². The molecule has 0 aliphatic heterocycles. The van der Waals surface area contributed by atoms with Crippen LogP contribution in [0, 0.1) is 0 Å². The van der Waals surface area contributed by atoms with E-state index in [9.17, 15) is 9.36 Å². The van der Waals surface area contributed by atoms with Crippen LogP contribution < -0.4 is 4.52 Å². The standard InChI is InChI=1S/C7H5O5P/c8-7(9)12-13(10)11-6-4-2-1-3-5-6/h1-5H/p+1. The van der Waals surface area contributed by atoms with Crippen molar-refractivity contribution >= 4 is 14.4 Å². The Hall–Kier alpha value is -1.61. The van der Waals surface area contributed by atoms with Gasteiger partial charge in [0.15, 0.2) is 5.75 Å². The zero-order valence-corrected chi connectivity index (χ0v) is 7.31. The largest absolute Gasteiger partial charge is 0.812 e. The van der Waals surface area contributed by atoms with Gasteiger partial charge in [-0.25, -0.2) is 4.52 Å². The average Bonchev–Trinajstić information content (AvgIpc) is 2.04. The van der Waals surface area contributed by atoms with Crippen LogP contribution in [0.15, 0.2) is 30.3 Å². The molecule has 1 N–H and O–H groups in total. The lowest BCUT2D eigenvalue weighted by atomic mass is 10.3. The Balaban J connectivity index is 2.50. The smallest absolute Gasteiger partial charge is 0.447 e. The minimum Gasteiger partial charge on any atom is -0.447 e. The molecule has 0 spiro atoms. The molecule has 0 aliphatic carbocycles. The summed E-state index contributed by atoms with van der Waals surface area (Å²) in [5.74, 6) is 0.296.